The Labute approximate surface area is 128 Å². The van der Waals surface area contributed by atoms with Crippen molar-refractivity contribution < 1.29 is 0 Å². The summed E-state index contributed by atoms with van der Waals surface area (Å²) in [6.45, 7) is 16.5. The molecule has 0 atom stereocenters. The highest BCUT2D eigenvalue weighted by atomic mass is 32.1. The van der Waals surface area contributed by atoms with Crippen LogP contribution in [0.5, 0.6) is 0 Å². The summed E-state index contributed by atoms with van der Waals surface area (Å²) in [6, 6.07) is 0. The van der Waals surface area contributed by atoms with Crippen molar-refractivity contribution in [2.45, 2.75) is 58.2 Å². The number of aromatic nitrogens is 1. The Balaban J connectivity index is 2.39. The van der Waals surface area contributed by atoms with E-state index in [2.05, 4.69) is 64.8 Å². The predicted molar refractivity (Wildman–Crippen MR) is 94.1 cm³/mol. The minimum atomic E-state index is -1.57. The molecule has 0 aromatic carbocycles. The highest BCUT2D eigenvalue weighted by molar-refractivity contribution is 7.29. The number of nitrogens with zero attached hydrogens (tertiary/aromatic N) is 2. The molecule has 4 heteroatoms. The van der Waals surface area contributed by atoms with E-state index >= 15 is 0 Å². The van der Waals surface area contributed by atoms with Gasteiger partial charge in [-0.1, -0.05) is 53.7 Å². The normalized spacial score (nSPS) is 16.1. The Morgan fingerprint density at radius 3 is 1.95 bits per heavy atom. The largest absolute Gasteiger partial charge is 0.355 e. The number of hydrogen-bond donors (Lipinski definition) is 0. The van der Waals surface area contributed by atoms with Crippen LogP contribution in [0.3, 0.4) is 0 Å². The van der Waals surface area contributed by atoms with Gasteiger partial charge in [0, 0.05) is 13.1 Å². The van der Waals surface area contributed by atoms with Crippen molar-refractivity contribution in [3.05, 3.63) is 18.3 Å². The summed E-state index contributed by atoms with van der Waals surface area (Å²) in [6.07, 6.45) is 6.61. The first-order valence-corrected chi connectivity index (χ1v) is 10.8. The van der Waals surface area contributed by atoms with Crippen LogP contribution in [0.4, 0.5) is 5.00 Å². The van der Waals surface area contributed by atoms with Gasteiger partial charge in [0.2, 0.25) is 0 Å². The van der Waals surface area contributed by atoms with E-state index in [1.165, 1.54) is 9.63 Å². The van der Waals surface area contributed by atoms with Crippen LogP contribution in [0.25, 0.3) is 0 Å². The monoisotopic (exact) mass is 308 g/mol. The second-order valence-corrected chi connectivity index (χ2v) is 14.0. The van der Waals surface area contributed by atoms with Crippen LogP contribution in [-0.4, -0.2) is 26.1 Å². The zero-order valence-electron chi connectivity index (χ0n) is 13.7. The third kappa shape index (κ3) is 2.48. The SMILES string of the molecule is CC(C)[Si](c1ncc(N2CC=CC2)s1)(C(C)C)C(C)C. The van der Waals surface area contributed by atoms with E-state index in [-0.39, 0.29) is 0 Å². The molecule has 0 unspecified atom stereocenters. The lowest BCUT2D eigenvalue weighted by molar-refractivity contribution is 0.833. The first-order valence-electron chi connectivity index (χ1n) is 7.76. The van der Waals surface area contributed by atoms with Crippen molar-refractivity contribution >= 4 is 29.0 Å². The van der Waals surface area contributed by atoms with Gasteiger partial charge in [0.1, 0.15) is 13.1 Å². The smallest absolute Gasteiger partial charge is 0.131 e. The molecule has 1 aromatic heterocycles. The fourth-order valence-corrected chi connectivity index (χ4v) is 13.6. The molecule has 20 heavy (non-hydrogen) atoms. The Morgan fingerprint density at radius 1 is 1.00 bits per heavy atom. The number of thiazole rings is 1. The quantitative estimate of drug-likeness (QED) is 0.592. The van der Waals surface area contributed by atoms with E-state index in [1.807, 2.05) is 11.3 Å². The Bertz CT molecular complexity index is 447. The van der Waals surface area contributed by atoms with Crippen LogP contribution in [-0.2, 0) is 0 Å². The van der Waals surface area contributed by atoms with E-state index in [0.29, 0.717) is 0 Å². The fraction of sp³-hybridized carbons (Fsp3) is 0.688. The molecule has 0 N–H and O–H groups in total. The van der Waals surface area contributed by atoms with Crippen molar-refractivity contribution in [1.29, 1.82) is 0 Å². The molecule has 0 radical (unpaired) electrons. The van der Waals surface area contributed by atoms with Crippen LogP contribution in [0.15, 0.2) is 18.3 Å². The molecule has 0 aliphatic carbocycles. The second-order valence-electron chi connectivity index (χ2n) is 6.78. The number of rotatable bonds is 5. The third-order valence-corrected chi connectivity index (χ3v) is 13.7. The van der Waals surface area contributed by atoms with Crippen LogP contribution < -0.4 is 9.53 Å². The molecular formula is C16H28N2SSi. The summed E-state index contributed by atoms with van der Waals surface area (Å²) >= 11 is 1.96. The molecule has 0 amide bonds. The molecule has 0 spiro atoms. The van der Waals surface area contributed by atoms with Gasteiger partial charge in [-0.05, 0) is 16.6 Å². The van der Waals surface area contributed by atoms with Crippen LogP contribution in [0.2, 0.25) is 16.6 Å². The van der Waals surface area contributed by atoms with Gasteiger partial charge in [-0.25, -0.2) is 0 Å². The van der Waals surface area contributed by atoms with Gasteiger partial charge in [0.05, 0.1) is 10.8 Å². The lowest BCUT2D eigenvalue weighted by atomic mass is 10.5. The minimum absolute atomic E-state index is 0.734. The summed E-state index contributed by atoms with van der Waals surface area (Å²) in [5.41, 5.74) is 2.20. The predicted octanol–water partition coefficient (Wildman–Crippen LogP) is 4.41. The van der Waals surface area contributed by atoms with Crippen LogP contribution in [0, 0.1) is 0 Å². The van der Waals surface area contributed by atoms with E-state index in [1.54, 1.807) is 0 Å². The maximum absolute atomic E-state index is 4.91. The summed E-state index contributed by atoms with van der Waals surface area (Å²) in [4.78, 5) is 7.33. The summed E-state index contributed by atoms with van der Waals surface area (Å²) in [7, 11) is -1.57. The second kappa shape index (κ2) is 6.02. The summed E-state index contributed by atoms with van der Waals surface area (Å²) in [5, 5.41) is 1.35. The standard InChI is InChI=1S/C16H28N2SSi/c1-12(2)20(13(3)4,14(5)6)16-17-11-15(19-16)18-9-7-8-10-18/h7-8,11-14H,9-10H2,1-6H3. The third-order valence-electron chi connectivity index (χ3n) is 4.86. The molecule has 2 rings (SSSR count). The topological polar surface area (TPSA) is 16.1 Å². The highest BCUT2D eigenvalue weighted by Gasteiger charge is 2.47. The molecule has 0 fully saturated rings. The molecule has 0 bridgehead atoms. The van der Waals surface area contributed by atoms with Crippen LogP contribution in [0.1, 0.15) is 41.5 Å². The average molecular weight is 309 g/mol. The van der Waals surface area contributed by atoms with E-state index < -0.39 is 8.07 Å². The van der Waals surface area contributed by atoms with Gasteiger partial charge in [-0.3, -0.25) is 4.98 Å². The Kier molecular flexibility index (Phi) is 4.75. The van der Waals surface area contributed by atoms with Crippen molar-refractivity contribution in [3.8, 4) is 0 Å². The number of anilines is 1. The molecule has 1 aromatic rings. The molecule has 0 saturated carbocycles. The molecule has 2 nitrogen and oxygen atoms in total. The van der Waals surface area contributed by atoms with Crippen molar-refractivity contribution in [2.24, 2.45) is 0 Å². The van der Waals surface area contributed by atoms with Gasteiger partial charge in [0.25, 0.3) is 0 Å². The molecule has 0 saturated heterocycles. The van der Waals surface area contributed by atoms with Crippen molar-refractivity contribution in [2.75, 3.05) is 18.0 Å². The number of hydrogen-bond acceptors (Lipinski definition) is 3. The highest BCUT2D eigenvalue weighted by Crippen LogP contribution is 2.42. The zero-order chi connectivity index (χ0) is 14.9. The summed E-state index contributed by atoms with van der Waals surface area (Å²) < 4.78 is 1.46. The van der Waals surface area contributed by atoms with Gasteiger partial charge in [-0.2, -0.15) is 0 Å². The first-order chi connectivity index (χ1) is 9.40. The van der Waals surface area contributed by atoms with E-state index in [9.17, 15) is 0 Å². The zero-order valence-corrected chi connectivity index (χ0v) is 15.5. The Morgan fingerprint density at radius 2 is 1.50 bits per heavy atom. The van der Waals surface area contributed by atoms with Gasteiger partial charge in [-0.15, -0.1) is 11.3 Å². The molecule has 1 aliphatic heterocycles. The van der Waals surface area contributed by atoms with Gasteiger partial charge in [0.15, 0.2) is 0 Å². The molecular weight excluding hydrogens is 280 g/mol. The lowest BCUT2D eigenvalue weighted by Gasteiger charge is -2.41. The van der Waals surface area contributed by atoms with E-state index in [4.69, 9.17) is 4.98 Å². The molecule has 1 aliphatic rings. The maximum atomic E-state index is 4.91. The minimum Gasteiger partial charge on any atom is -0.355 e. The fourth-order valence-electron chi connectivity index (χ4n) is 4.01. The van der Waals surface area contributed by atoms with E-state index in [0.717, 1.165) is 29.7 Å². The average Bonchev–Trinajstić information content (AvgIpc) is 2.97. The summed E-state index contributed by atoms with van der Waals surface area (Å²) in [5.74, 6) is 0. The first kappa shape index (κ1) is 15.8. The molecule has 2 heterocycles. The maximum Gasteiger partial charge on any atom is 0.131 e. The Hall–Kier alpha value is -0.613. The van der Waals surface area contributed by atoms with Crippen molar-refractivity contribution in [1.82, 2.24) is 4.98 Å². The lowest BCUT2D eigenvalue weighted by Crippen LogP contribution is -2.55. The van der Waals surface area contributed by atoms with Gasteiger partial charge < -0.3 is 4.90 Å². The van der Waals surface area contributed by atoms with Crippen LogP contribution >= 0.6 is 11.3 Å². The van der Waals surface area contributed by atoms with Crippen molar-refractivity contribution in [3.63, 3.8) is 0 Å². The van der Waals surface area contributed by atoms with Gasteiger partial charge >= 0.3 is 0 Å². The molecule has 112 valence electrons.